The molecule has 0 aliphatic heterocycles. The third kappa shape index (κ3) is 3.10. The molecule has 1 aromatic rings. The highest BCUT2D eigenvalue weighted by molar-refractivity contribution is 9.10. The van der Waals surface area contributed by atoms with Crippen molar-refractivity contribution >= 4 is 26.0 Å². The number of hydrogen-bond donors (Lipinski definition) is 2. The van der Waals surface area contributed by atoms with Crippen LogP contribution in [0.1, 0.15) is 31.4 Å². The Morgan fingerprint density at radius 2 is 1.95 bits per heavy atom. The van der Waals surface area contributed by atoms with Gasteiger partial charge in [0.1, 0.15) is 10.7 Å². The van der Waals surface area contributed by atoms with Crippen molar-refractivity contribution in [1.82, 2.24) is 10.0 Å². The summed E-state index contributed by atoms with van der Waals surface area (Å²) < 4.78 is 33.6. The Kier molecular flexibility index (Phi) is 3.96. The van der Waals surface area contributed by atoms with Crippen molar-refractivity contribution in [3.05, 3.63) is 16.5 Å². The molecular weight excluding hydrogens is 344 g/mol. The summed E-state index contributed by atoms with van der Waals surface area (Å²) in [6.07, 6.45) is 4.56. The molecule has 0 amide bonds. The molecule has 2 aliphatic carbocycles. The maximum absolute atomic E-state index is 12.5. The van der Waals surface area contributed by atoms with E-state index in [1.807, 2.05) is 0 Å². The van der Waals surface area contributed by atoms with Crippen molar-refractivity contribution in [2.45, 2.75) is 43.2 Å². The van der Waals surface area contributed by atoms with Crippen molar-refractivity contribution in [2.75, 3.05) is 7.05 Å². The first-order valence-corrected chi connectivity index (χ1v) is 9.24. The fourth-order valence-electron chi connectivity index (χ4n) is 2.57. The predicted molar refractivity (Wildman–Crippen MR) is 78.7 cm³/mol. The van der Waals surface area contributed by atoms with E-state index >= 15 is 0 Å². The molecule has 0 atom stereocenters. The fraction of sp³-hybridized carbons (Fsp3) is 0.692. The average molecular weight is 363 g/mol. The van der Waals surface area contributed by atoms with Crippen molar-refractivity contribution in [2.24, 2.45) is 11.8 Å². The van der Waals surface area contributed by atoms with Gasteiger partial charge in [0.2, 0.25) is 10.0 Å². The Labute approximate surface area is 127 Å². The molecule has 2 N–H and O–H groups in total. The molecular formula is C13H19BrN2O3S. The largest absolute Gasteiger partial charge is 0.452 e. The minimum absolute atomic E-state index is 0.106. The molecule has 0 radical (unpaired) electrons. The summed E-state index contributed by atoms with van der Waals surface area (Å²) in [6.45, 7) is 0.503. The van der Waals surface area contributed by atoms with Gasteiger partial charge in [0, 0.05) is 12.1 Å². The molecule has 2 saturated carbocycles. The maximum Gasteiger partial charge on any atom is 0.245 e. The summed E-state index contributed by atoms with van der Waals surface area (Å²) in [5.41, 5.74) is 0. The molecule has 7 heteroatoms. The third-order valence-corrected chi connectivity index (χ3v) is 6.21. The fourth-order valence-corrected chi connectivity index (χ4v) is 4.94. The van der Waals surface area contributed by atoms with Crippen LogP contribution in [0, 0.1) is 11.8 Å². The molecule has 1 aromatic heterocycles. The Morgan fingerprint density at radius 1 is 1.35 bits per heavy atom. The molecule has 0 bridgehead atoms. The lowest BCUT2D eigenvalue weighted by Gasteiger charge is -2.17. The van der Waals surface area contributed by atoms with Crippen LogP contribution in [0.4, 0.5) is 0 Å². The van der Waals surface area contributed by atoms with Crippen LogP contribution in [-0.2, 0) is 16.6 Å². The smallest absolute Gasteiger partial charge is 0.245 e. The number of nitrogens with one attached hydrogen (secondary N) is 2. The first-order chi connectivity index (χ1) is 9.51. The molecule has 2 aliphatic rings. The van der Waals surface area contributed by atoms with Gasteiger partial charge in [-0.3, -0.25) is 0 Å². The highest BCUT2D eigenvalue weighted by atomic mass is 79.9. The van der Waals surface area contributed by atoms with Gasteiger partial charge >= 0.3 is 0 Å². The SMILES string of the molecule is CNCc1cc(S(=O)(=O)NC(C2CC2)C2CC2)c(Br)o1. The van der Waals surface area contributed by atoms with Crippen LogP contribution >= 0.6 is 15.9 Å². The van der Waals surface area contributed by atoms with E-state index in [0.717, 1.165) is 25.7 Å². The quantitative estimate of drug-likeness (QED) is 0.779. The summed E-state index contributed by atoms with van der Waals surface area (Å²) >= 11 is 3.20. The Balaban J connectivity index is 1.79. The Morgan fingerprint density at radius 3 is 2.45 bits per heavy atom. The summed E-state index contributed by atoms with van der Waals surface area (Å²) in [4.78, 5) is 0.203. The number of hydrogen-bond acceptors (Lipinski definition) is 4. The van der Waals surface area contributed by atoms with Crippen LogP contribution in [0.3, 0.4) is 0 Å². The Hall–Kier alpha value is -0.370. The second-order valence-electron chi connectivity index (χ2n) is 5.70. The monoisotopic (exact) mass is 362 g/mol. The number of furan rings is 1. The molecule has 20 heavy (non-hydrogen) atoms. The lowest BCUT2D eigenvalue weighted by molar-refractivity contribution is 0.462. The number of rotatable bonds is 7. The zero-order valence-electron chi connectivity index (χ0n) is 11.4. The van der Waals surface area contributed by atoms with Crippen LogP contribution in [0.2, 0.25) is 0 Å². The van der Waals surface area contributed by atoms with E-state index in [1.54, 1.807) is 13.1 Å². The highest BCUT2D eigenvalue weighted by Gasteiger charge is 2.44. The standard InChI is InChI=1S/C13H19BrN2O3S/c1-15-7-10-6-11(13(14)19-10)20(17,18)16-12(8-2-3-8)9-4-5-9/h6,8-9,12,15-16H,2-5,7H2,1H3. The van der Waals surface area contributed by atoms with Gasteiger partial charge in [0.05, 0.1) is 6.54 Å². The molecule has 0 aromatic carbocycles. The van der Waals surface area contributed by atoms with Gasteiger partial charge in [0.25, 0.3) is 0 Å². The van der Waals surface area contributed by atoms with Crippen LogP contribution in [0.25, 0.3) is 0 Å². The number of halogens is 1. The van der Waals surface area contributed by atoms with E-state index in [0.29, 0.717) is 24.1 Å². The molecule has 0 unspecified atom stereocenters. The zero-order valence-corrected chi connectivity index (χ0v) is 13.8. The van der Waals surface area contributed by atoms with E-state index < -0.39 is 10.0 Å². The molecule has 3 rings (SSSR count). The second-order valence-corrected chi connectivity index (χ2v) is 8.11. The molecule has 5 nitrogen and oxygen atoms in total. The van der Waals surface area contributed by atoms with Crippen LogP contribution in [0.15, 0.2) is 20.0 Å². The van der Waals surface area contributed by atoms with Gasteiger partial charge in [-0.05, 0) is 60.5 Å². The normalized spacial score (nSPS) is 19.8. The molecule has 2 fully saturated rings. The van der Waals surface area contributed by atoms with Crippen molar-refractivity contribution < 1.29 is 12.8 Å². The topological polar surface area (TPSA) is 71.3 Å². The van der Waals surface area contributed by atoms with Gasteiger partial charge in [-0.15, -0.1) is 0 Å². The lowest BCUT2D eigenvalue weighted by atomic mass is 10.1. The van der Waals surface area contributed by atoms with Crippen LogP contribution in [-0.4, -0.2) is 21.5 Å². The van der Waals surface area contributed by atoms with E-state index in [9.17, 15) is 8.42 Å². The van der Waals surface area contributed by atoms with Crippen LogP contribution in [0.5, 0.6) is 0 Å². The van der Waals surface area contributed by atoms with E-state index in [4.69, 9.17) is 4.42 Å². The van der Waals surface area contributed by atoms with Crippen molar-refractivity contribution in [3.63, 3.8) is 0 Å². The van der Waals surface area contributed by atoms with Gasteiger partial charge in [0.15, 0.2) is 4.67 Å². The maximum atomic E-state index is 12.5. The van der Waals surface area contributed by atoms with Gasteiger partial charge in [-0.1, -0.05) is 0 Å². The second kappa shape index (κ2) is 5.44. The van der Waals surface area contributed by atoms with Gasteiger partial charge in [-0.2, -0.15) is 0 Å². The summed E-state index contributed by atoms with van der Waals surface area (Å²) in [6, 6.07) is 1.69. The lowest BCUT2D eigenvalue weighted by Crippen LogP contribution is -2.38. The first-order valence-electron chi connectivity index (χ1n) is 6.96. The van der Waals surface area contributed by atoms with Crippen LogP contribution < -0.4 is 10.0 Å². The zero-order chi connectivity index (χ0) is 14.3. The summed E-state index contributed by atoms with van der Waals surface area (Å²) in [5, 5.41) is 2.94. The van der Waals surface area contributed by atoms with E-state index in [2.05, 4.69) is 26.0 Å². The first kappa shape index (κ1) is 14.6. The predicted octanol–water partition coefficient (Wildman–Crippen LogP) is 2.23. The van der Waals surface area contributed by atoms with Gasteiger partial charge in [-0.25, -0.2) is 13.1 Å². The molecule has 0 saturated heterocycles. The Bertz CT molecular complexity index is 579. The molecule has 112 valence electrons. The van der Waals surface area contributed by atoms with E-state index in [1.165, 1.54) is 0 Å². The van der Waals surface area contributed by atoms with Crippen molar-refractivity contribution in [3.8, 4) is 0 Å². The minimum atomic E-state index is -3.52. The third-order valence-electron chi connectivity index (χ3n) is 3.90. The average Bonchev–Trinajstić information content (AvgIpc) is 3.25. The molecule has 1 heterocycles. The van der Waals surface area contributed by atoms with E-state index in [-0.39, 0.29) is 15.6 Å². The highest BCUT2D eigenvalue weighted by Crippen LogP contribution is 2.45. The number of sulfonamides is 1. The molecule has 0 spiro atoms. The van der Waals surface area contributed by atoms with Crippen molar-refractivity contribution in [1.29, 1.82) is 0 Å². The summed E-state index contributed by atoms with van der Waals surface area (Å²) in [7, 11) is -1.73. The minimum Gasteiger partial charge on any atom is -0.452 e. The summed E-state index contributed by atoms with van der Waals surface area (Å²) in [5.74, 6) is 1.66. The van der Waals surface area contributed by atoms with Gasteiger partial charge < -0.3 is 9.73 Å².